The van der Waals surface area contributed by atoms with Gasteiger partial charge in [-0.15, -0.1) is 0 Å². The van der Waals surface area contributed by atoms with Crippen molar-refractivity contribution >= 4 is 11.8 Å². The van der Waals surface area contributed by atoms with Crippen LogP contribution in [0.25, 0.3) is 0 Å². The number of nitrogens with two attached hydrogens (primary N) is 1. The number of hydrogen-bond donors (Lipinski definition) is 2. The Morgan fingerprint density at radius 3 is 3.00 bits per heavy atom. The van der Waals surface area contributed by atoms with Crippen LogP contribution in [0.15, 0.2) is 16.0 Å². The van der Waals surface area contributed by atoms with Crippen LogP contribution < -0.4 is 11.3 Å². The summed E-state index contributed by atoms with van der Waals surface area (Å²) in [6, 6.07) is 1.72. The third-order valence-electron chi connectivity index (χ3n) is 3.22. The van der Waals surface area contributed by atoms with Gasteiger partial charge in [0, 0.05) is 23.1 Å². The van der Waals surface area contributed by atoms with Crippen molar-refractivity contribution in [3.05, 3.63) is 22.1 Å². The van der Waals surface area contributed by atoms with Crippen molar-refractivity contribution in [2.45, 2.75) is 49.6 Å². The molecule has 17 heavy (non-hydrogen) atoms. The van der Waals surface area contributed by atoms with Gasteiger partial charge in [0.15, 0.2) is 5.16 Å². The molecule has 1 aliphatic carbocycles. The van der Waals surface area contributed by atoms with Crippen LogP contribution in [0, 0.1) is 12.8 Å². The van der Waals surface area contributed by atoms with Crippen molar-refractivity contribution in [3.63, 3.8) is 0 Å². The standard InChI is InChI=1S/C12H19N3OS/c1-7-3-4-9(13)10(5-7)17-12-14-8(2)6-11(16)15-12/h6-7,9-10H,3-5,13H2,1-2H3,(H,14,15,16). The fourth-order valence-corrected chi connectivity index (χ4v) is 3.62. The molecular weight excluding hydrogens is 234 g/mol. The van der Waals surface area contributed by atoms with E-state index in [9.17, 15) is 4.79 Å². The van der Waals surface area contributed by atoms with E-state index in [2.05, 4.69) is 16.9 Å². The zero-order chi connectivity index (χ0) is 12.4. The molecule has 1 aliphatic rings. The fourth-order valence-electron chi connectivity index (χ4n) is 2.24. The van der Waals surface area contributed by atoms with Gasteiger partial charge in [0.05, 0.1) is 0 Å². The van der Waals surface area contributed by atoms with Gasteiger partial charge in [0.1, 0.15) is 0 Å². The average molecular weight is 253 g/mol. The summed E-state index contributed by atoms with van der Waals surface area (Å²) >= 11 is 1.61. The molecule has 94 valence electrons. The molecule has 5 heteroatoms. The largest absolute Gasteiger partial charge is 0.327 e. The van der Waals surface area contributed by atoms with Crippen LogP contribution in [0.4, 0.5) is 0 Å². The van der Waals surface area contributed by atoms with Crippen LogP contribution in [0.3, 0.4) is 0 Å². The summed E-state index contributed by atoms with van der Waals surface area (Å²) in [6.07, 6.45) is 3.37. The summed E-state index contributed by atoms with van der Waals surface area (Å²) in [5, 5.41) is 1.06. The van der Waals surface area contributed by atoms with Crippen LogP contribution in [0.1, 0.15) is 31.9 Å². The second-order valence-electron chi connectivity index (χ2n) is 4.93. The number of H-pyrrole nitrogens is 1. The second kappa shape index (κ2) is 5.23. The lowest BCUT2D eigenvalue weighted by molar-refractivity contribution is 0.357. The van der Waals surface area contributed by atoms with Crippen LogP contribution >= 0.6 is 11.8 Å². The molecule has 3 atom stereocenters. The number of rotatable bonds is 2. The van der Waals surface area contributed by atoms with Crippen molar-refractivity contribution in [1.29, 1.82) is 0 Å². The molecule has 0 aromatic carbocycles. The highest BCUT2D eigenvalue weighted by Gasteiger charge is 2.27. The zero-order valence-electron chi connectivity index (χ0n) is 10.3. The maximum absolute atomic E-state index is 11.4. The molecule has 0 radical (unpaired) electrons. The molecule has 1 aromatic heterocycles. The Kier molecular flexibility index (Phi) is 3.89. The first-order chi connectivity index (χ1) is 8.04. The van der Waals surface area contributed by atoms with Crippen molar-refractivity contribution in [2.24, 2.45) is 11.7 Å². The average Bonchev–Trinajstić information content (AvgIpc) is 2.22. The first-order valence-electron chi connectivity index (χ1n) is 6.05. The molecule has 0 bridgehead atoms. The van der Waals surface area contributed by atoms with E-state index in [-0.39, 0.29) is 11.6 Å². The molecule has 1 saturated carbocycles. The van der Waals surface area contributed by atoms with E-state index in [1.165, 1.54) is 12.5 Å². The topological polar surface area (TPSA) is 71.8 Å². The Labute approximate surface area is 105 Å². The van der Waals surface area contributed by atoms with E-state index in [1.54, 1.807) is 11.8 Å². The minimum Gasteiger partial charge on any atom is -0.327 e. The quantitative estimate of drug-likeness (QED) is 0.787. The van der Waals surface area contributed by atoms with Gasteiger partial charge in [-0.2, -0.15) is 0 Å². The minimum atomic E-state index is -0.0857. The fraction of sp³-hybridized carbons (Fsp3) is 0.667. The van der Waals surface area contributed by atoms with Crippen LogP contribution in [0.2, 0.25) is 0 Å². The number of aryl methyl sites for hydroxylation is 1. The molecule has 3 unspecified atom stereocenters. The lowest BCUT2D eigenvalue weighted by atomic mass is 9.87. The molecule has 0 amide bonds. The van der Waals surface area contributed by atoms with Gasteiger partial charge in [-0.3, -0.25) is 4.79 Å². The maximum Gasteiger partial charge on any atom is 0.251 e. The molecule has 1 heterocycles. The van der Waals surface area contributed by atoms with E-state index in [0.717, 1.165) is 18.5 Å². The van der Waals surface area contributed by atoms with Crippen LogP contribution in [-0.2, 0) is 0 Å². The van der Waals surface area contributed by atoms with E-state index >= 15 is 0 Å². The minimum absolute atomic E-state index is 0.0857. The predicted molar refractivity (Wildman–Crippen MR) is 70.2 cm³/mol. The third kappa shape index (κ3) is 3.33. The molecule has 1 aromatic rings. The van der Waals surface area contributed by atoms with Gasteiger partial charge < -0.3 is 10.7 Å². The summed E-state index contributed by atoms with van der Waals surface area (Å²) in [7, 11) is 0. The number of aromatic nitrogens is 2. The molecule has 2 rings (SSSR count). The van der Waals surface area contributed by atoms with Gasteiger partial charge in [0.25, 0.3) is 5.56 Å². The lowest BCUT2D eigenvalue weighted by Crippen LogP contribution is -2.38. The summed E-state index contributed by atoms with van der Waals surface area (Å²) in [6.45, 7) is 4.09. The molecule has 0 aliphatic heterocycles. The number of nitrogens with one attached hydrogen (secondary N) is 1. The number of nitrogens with zero attached hydrogens (tertiary/aromatic N) is 1. The molecule has 1 fully saturated rings. The molecule has 3 N–H and O–H groups in total. The summed E-state index contributed by atoms with van der Waals surface area (Å²) in [4.78, 5) is 18.5. The summed E-state index contributed by atoms with van der Waals surface area (Å²) < 4.78 is 0. The Balaban J connectivity index is 2.11. The lowest BCUT2D eigenvalue weighted by Gasteiger charge is -2.31. The second-order valence-corrected chi connectivity index (χ2v) is 6.16. The van der Waals surface area contributed by atoms with Crippen LogP contribution in [0.5, 0.6) is 0 Å². The molecule has 0 spiro atoms. The SMILES string of the molecule is Cc1cc(=O)[nH]c(SC2CC(C)CCC2N)n1. The molecular formula is C12H19N3OS. The van der Waals surface area contributed by atoms with Gasteiger partial charge in [0.2, 0.25) is 0 Å². The van der Waals surface area contributed by atoms with Gasteiger partial charge >= 0.3 is 0 Å². The Morgan fingerprint density at radius 2 is 2.29 bits per heavy atom. The van der Waals surface area contributed by atoms with Gasteiger partial charge in [-0.1, -0.05) is 18.7 Å². The smallest absolute Gasteiger partial charge is 0.251 e. The number of aromatic amines is 1. The Bertz CT molecular complexity index is 446. The molecule has 0 saturated heterocycles. The highest BCUT2D eigenvalue weighted by atomic mass is 32.2. The maximum atomic E-state index is 11.4. The predicted octanol–water partition coefficient (Wildman–Crippen LogP) is 1.69. The molecule has 4 nitrogen and oxygen atoms in total. The third-order valence-corrected chi connectivity index (χ3v) is 4.48. The number of hydrogen-bond acceptors (Lipinski definition) is 4. The summed E-state index contributed by atoms with van der Waals surface area (Å²) in [5.41, 5.74) is 6.80. The number of thioether (sulfide) groups is 1. The first kappa shape index (κ1) is 12.6. The zero-order valence-corrected chi connectivity index (χ0v) is 11.1. The monoisotopic (exact) mass is 253 g/mol. The normalized spacial score (nSPS) is 29.2. The van der Waals surface area contributed by atoms with Crippen LogP contribution in [-0.4, -0.2) is 21.3 Å². The summed E-state index contributed by atoms with van der Waals surface area (Å²) in [5.74, 6) is 0.712. The highest BCUT2D eigenvalue weighted by molar-refractivity contribution is 7.99. The van der Waals surface area contributed by atoms with Crippen molar-refractivity contribution in [2.75, 3.05) is 0 Å². The van der Waals surface area contributed by atoms with Crippen molar-refractivity contribution in [3.8, 4) is 0 Å². The first-order valence-corrected chi connectivity index (χ1v) is 6.93. The van der Waals surface area contributed by atoms with E-state index in [1.807, 2.05) is 6.92 Å². The van der Waals surface area contributed by atoms with Crippen molar-refractivity contribution < 1.29 is 0 Å². The van der Waals surface area contributed by atoms with E-state index in [0.29, 0.717) is 16.3 Å². The van der Waals surface area contributed by atoms with Crippen molar-refractivity contribution in [1.82, 2.24) is 9.97 Å². The van der Waals surface area contributed by atoms with E-state index in [4.69, 9.17) is 5.73 Å². The Hall–Kier alpha value is -0.810. The van der Waals surface area contributed by atoms with Gasteiger partial charge in [-0.25, -0.2) is 4.98 Å². The van der Waals surface area contributed by atoms with Gasteiger partial charge in [-0.05, 0) is 32.1 Å². The van der Waals surface area contributed by atoms with E-state index < -0.39 is 0 Å². The highest BCUT2D eigenvalue weighted by Crippen LogP contribution is 2.33. The Morgan fingerprint density at radius 1 is 1.53 bits per heavy atom.